The van der Waals surface area contributed by atoms with Crippen molar-refractivity contribution in [3.05, 3.63) is 17.5 Å². The number of alkyl halides is 2. The monoisotopic (exact) mass is 390 g/mol. The van der Waals surface area contributed by atoms with E-state index in [9.17, 15) is 18.4 Å². The number of hydrogen-bond acceptors (Lipinski definition) is 4. The van der Waals surface area contributed by atoms with Crippen molar-refractivity contribution in [3.8, 4) is 0 Å². The van der Waals surface area contributed by atoms with Crippen molar-refractivity contribution in [2.75, 3.05) is 6.61 Å². The molecule has 0 amide bonds. The van der Waals surface area contributed by atoms with Crippen molar-refractivity contribution >= 4 is 11.9 Å². The molecule has 156 valence electrons. The molecule has 0 bridgehead atoms. The van der Waals surface area contributed by atoms with E-state index in [2.05, 4.69) is 14.9 Å². The van der Waals surface area contributed by atoms with Crippen LogP contribution < -0.4 is 0 Å². The number of aromatic nitrogens is 2. The molecule has 0 saturated heterocycles. The molecule has 0 aliphatic rings. The fraction of sp³-hybridized carbons (Fsp3) is 0.737. The average molecular weight is 390 g/mol. The molecule has 0 fully saturated rings. The predicted octanol–water partition coefficient (Wildman–Crippen LogP) is 4.53. The molecule has 1 heterocycles. The highest BCUT2D eigenvalue weighted by molar-refractivity contribution is 5.70. The van der Waals surface area contributed by atoms with Crippen molar-refractivity contribution < 1.29 is 28.2 Å². The zero-order chi connectivity index (χ0) is 20.5. The number of aliphatic carboxylic acids is 1. The Hall–Kier alpha value is -1.99. The van der Waals surface area contributed by atoms with Gasteiger partial charge in [0.25, 0.3) is 0 Å². The van der Waals surface area contributed by atoms with Gasteiger partial charge in [-0.15, -0.1) is 0 Å². The van der Waals surface area contributed by atoms with E-state index in [1.165, 1.54) is 6.92 Å². The number of carbonyl (C=O) groups is 2. The van der Waals surface area contributed by atoms with Gasteiger partial charge in [0, 0.05) is 24.6 Å². The fourth-order valence-corrected chi connectivity index (χ4v) is 2.56. The molecule has 0 saturated carbocycles. The van der Waals surface area contributed by atoms with Crippen LogP contribution in [0.5, 0.6) is 0 Å². The number of ether oxygens (including phenoxy) is 1. The highest BCUT2D eigenvalue weighted by Gasteiger charge is 2.08. The van der Waals surface area contributed by atoms with Gasteiger partial charge in [0.2, 0.25) is 6.43 Å². The summed E-state index contributed by atoms with van der Waals surface area (Å²) in [5.74, 6) is -1.06. The minimum absolute atomic E-state index is 0.00989. The smallest absolute Gasteiger partial charge is 0.307 e. The zero-order valence-corrected chi connectivity index (χ0v) is 16.3. The van der Waals surface area contributed by atoms with Gasteiger partial charge in [0.05, 0.1) is 19.2 Å². The van der Waals surface area contributed by atoms with Gasteiger partial charge in [-0.3, -0.25) is 14.7 Å². The Balaban J connectivity index is 0.000000972. The number of aryl methyl sites for hydroxylation is 1. The van der Waals surface area contributed by atoms with Gasteiger partial charge in [-0.1, -0.05) is 32.1 Å². The lowest BCUT2D eigenvalue weighted by molar-refractivity contribution is -0.140. The van der Waals surface area contributed by atoms with Crippen molar-refractivity contribution in [1.29, 1.82) is 0 Å². The first-order valence-corrected chi connectivity index (χ1v) is 9.51. The van der Waals surface area contributed by atoms with Crippen LogP contribution in [0.4, 0.5) is 8.78 Å². The first-order valence-electron chi connectivity index (χ1n) is 9.51. The topological polar surface area (TPSA) is 92.3 Å². The van der Waals surface area contributed by atoms with E-state index >= 15 is 0 Å². The number of rotatable bonds is 13. The number of aromatic amines is 1. The van der Waals surface area contributed by atoms with E-state index < -0.39 is 12.4 Å². The molecular formula is C19H32F2N2O4. The maximum atomic E-state index is 11.9. The summed E-state index contributed by atoms with van der Waals surface area (Å²) in [6, 6.07) is 0. The Labute approximate surface area is 159 Å². The third kappa shape index (κ3) is 15.9. The van der Waals surface area contributed by atoms with E-state index in [4.69, 9.17) is 5.11 Å². The van der Waals surface area contributed by atoms with Crippen LogP contribution >= 0.6 is 0 Å². The number of carboxylic acids is 1. The van der Waals surface area contributed by atoms with Gasteiger partial charge in [-0.05, 0) is 26.2 Å². The van der Waals surface area contributed by atoms with Gasteiger partial charge in [-0.25, -0.2) is 8.78 Å². The van der Waals surface area contributed by atoms with Crippen LogP contribution in [0.3, 0.4) is 0 Å². The van der Waals surface area contributed by atoms with Crippen LogP contribution in [0.2, 0.25) is 0 Å². The molecule has 1 rings (SSSR count). The number of esters is 1. The average Bonchev–Trinajstić information content (AvgIpc) is 2.99. The highest BCUT2D eigenvalue weighted by atomic mass is 19.3. The predicted molar refractivity (Wildman–Crippen MR) is 98.9 cm³/mol. The van der Waals surface area contributed by atoms with Crippen LogP contribution in [-0.4, -0.2) is 40.3 Å². The van der Waals surface area contributed by atoms with Crippen molar-refractivity contribution in [3.63, 3.8) is 0 Å². The van der Waals surface area contributed by atoms with Crippen LogP contribution in [-0.2, 0) is 27.2 Å². The van der Waals surface area contributed by atoms with E-state index in [0.29, 0.717) is 13.0 Å². The third-order valence-electron chi connectivity index (χ3n) is 3.85. The number of unbranched alkanes of at least 4 members (excludes halogenated alkanes) is 6. The summed E-state index contributed by atoms with van der Waals surface area (Å²) < 4.78 is 28.2. The number of H-pyrrole nitrogens is 1. The molecule has 0 aromatic carbocycles. The first kappa shape index (κ1) is 25.0. The van der Waals surface area contributed by atoms with Gasteiger partial charge in [-0.2, -0.15) is 5.10 Å². The van der Waals surface area contributed by atoms with Crippen LogP contribution in [0, 0.1) is 0 Å². The molecule has 0 spiro atoms. The van der Waals surface area contributed by atoms with Crippen molar-refractivity contribution in [2.45, 2.75) is 84.5 Å². The molecule has 2 N–H and O–H groups in total. The maximum Gasteiger partial charge on any atom is 0.307 e. The first-order chi connectivity index (χ1) is 12.9. The van der Waals surface area contributed by atoms with E-state index in [1.54, 1.807) is 13.1 Å². The SMILES string of the molecule is CCOC(C)=O.O=C(O)Cc1cn[nH]c1CCCCCCCCCC(F)F. The number of nitrogens with zero attached hydrogens (tertiary/aromatic N) is 1. The molecule has 0 aliphatic carbocycles. The Bertz CT molecular complexity index is 522. The summed E-state index contributed by atoms with van der Waals surface area (Å²) in [6.45, 7) is 3.65. The zero-order valence-electron chi connectivity index (χ0n) is 16.3. The highest BCUT2D eigenvalue weighted by Crippen LogP contribution is 2.14. The second kappa shape index (κ2) is 16.2. The number of carbonyl (C=O) groups excluding carboxylic acids is 1. The lowest BCUT2D eigenvalue weighted by Gasteiger charge is -2.03. The molecule has 0 radical (unpaired) electrons. The van der Waals surface area contributed by atoms with Crippen molar-refractivity contribution in [2.24, 2.45) is 0 Å². The fourth-order valence-electron chi connectivity index (χ4n) is 2.56. The van der Waals surface area contributed by atoms with Gasteiger partial charge < -0.3 is 9.84 Å². The molecule has 0 unspecified atom stereocenters. The lowest BCUT2D eigenvalue weighted by Crippen LogP contribution is -2.02. The Morgan fingerprint density at radius 2 is 1.74 bits per heavy atom. The second-order valence-corrected chi connectivity index (χ2v) is 6.27. The molecular weight excluding hydrogens is 358 g/mol. The van der Waals surface area contributed by atoms with Gasteiger partial charge in [0.15, 0.2) is 0 Å². The minimum Gasteiger partial charge on any atom is -0.481 e. The minimum atomic E-state index is -2.17. The Morgan fingerprint density at radius 1 is 1.15 bits per heavy atom. The van der Waals surface area contributed by atoms with E-state index in [-0.39, 0.29) is 18.8 Å². The Kier molecular flexibility index (Phi) is 15.0. The van der Waals surface area contributed by atoms with Crippen LogP contribution in [0.15, 0.2) is 6.20 Å². The molecule has 27 heavy (non-hydrogen) atoms. The summed E-state index contributed by atoms with van der Waals surface area (Å²) >= 11 is 0. The van der Waals surface area contributed by atoms with Gasteiger partial charge in [0.1, 0.15) is 0 Å². The molecule has 0 aliphatic heterocycles. The normalized spacial score (nSPS) is 10.4. The number of carboxylic acid groups (broad SMARTS) is 1. The lowest BCUT2D eigenvalue weighted by atomic mass is 10.0. The Morgan fingerprint density at radius 3 is 2.22 bits per heavy atom. The summed E-state index contributed by atoms with van der Waals surface area (Å²) in [6.07, 6.45) is 7.00. The van der Waals surface area contributed by atoms with Crippen LogP contribution in [0.25, 0.3) is 0 Å². The second-order valence-electron chi connectivity index (χ2n) is 6.27. The summed E-state index contributed by atoms with van der Waals surface area (Å²) in [5, 5.41) is 15.5. The largest absolute Gasteiger partial charge is 0.481 e. The molecule has 8 heteroatoms. The molecule has 1 aromatic heterocycles. The standard InChI is InChI=1S/C15H24F2N2O2.C4H8O2/c16-14(17)9-7-5-3-1-2-4-6-8-13-12(10-15(20)21)11-18-19-13;1-3-6-4(2)5/h11,14H,1-10H2,(H,18,19)(H,20,21);3H2,1-2H3. The molecule has 0 atom stereocenters. The van der Waals surface area contributed by atoms with E-state index in [0.717, 1.165) is 56.2 Å². The summed E-state index contributed by atoms with van der Waals surface area (Å²) in [4.78, 5) is 20.5. The van der Waals surface area contributed by atoms with Crippen molar-refractivity contribution in [1.82, 2.24) is 10.2 Å². The third-order valence-corrected chi connectivity index (χ3v) is 3.85. The number of hydrogen-bond donors (Lipinski definition) is 2. The molecule has 6 nitrogen and oxygen atoms in total. The van der Waals surface area contributed by atoms with E-state index in [1.807, 2.05) is 0 Å². The molecule has 1 aromatic rings. The summed E-state index contributed by atoms with van der Waals surface area (Å²) in [7, 11) is 0. The van der Waals surface area contributed by atoms with Gasteiger partial charge >= 0.3 is 11.9 Å². The maximum absolute atomic E-state index is 11.9. The summed E-state index contributed by atoms with van der Waals surface area (Å²) in [5.41, 5.74) is 1.67. The number of nitrogens with one attached hydrogen (secondary N) is 1. The number of halogens is 2. The quantitative estimate of drug-likeness (QED) is 0.381. The van der Waals surface area contributed by atoms with Crippen LogP contribution in [0.1, 0.15) is 76.5 Å².